The smallest absolute Gasteiger partial charge is 0.137 e. The molecule has 1 aliphatic heterocycles. The fraction of sp³-hybridized carbons (Fsp3) is 0.692. The highest BCUT2D eigenvalue weighted by atomic mass is 35.5. The molecule has 1 N–H and O–H groups in total. The Morgan fingerprint density at radius 1 is 1.44 bits per heavy atom. The minimum atomic E-state index is -0.115. The molecule has 0 spiro atoms. The van der Waals surface area contributed by atoms with Crippen LogP contribution in [0.15, 0.2) is 6.07 Å². The number of aliphatic hydroxyl groups is 1. The second-order valence-corrected chi connectivity index (χ2v) is 6.29. The summed E-state index contributed by atoms with van der Waals surface area (Å²) in [6.45, 7) is 8.21. The lowest BCUT2D eigenvalue weighted by molar-refractivity contribution is 0.238. The van der Waals surface area contributed by atoms with Gasteiger partial charge >= 0.3 is 0 Å². The van der Waals surface area contributed by atoms with Crippen LogP contribution in [0.2, 0.25) is 5.15 Å². The van der Waals surface area contributed by atoms with Crippen LogP contribution in [-0.4, -0.2) is 34.8 Å². The molecule has 1 fully saturated rings. The van der Waals surface area contributed by atoms with E-state index in [1.165, 1.54) is 0 Å². The van der Waals surface area contributed by atoms with Crippen LogP contribution >= 0.6 is 11.6 Å². The summed E-state index contributed by atoms with van der Waals surface area (Å²) in [7, 11) is 0. The molecular weight excluding hydrogens is 250 g/mol. The molecule has 18 heavy (non-hydrogen) atoms. The van der Waals surface area contributed by atoms with E-state index >= 15 is 0 Å². The predicted octanol–water partition coefficient (Wildman–Crippen LogP) is 2.25. The van der Waals surface area contributed by atoms with E-state index in [9.17, 15) is 5.11 Å². The number of halogens is 1. The highest BCUT2D eigenvalue weighted by molar-refractivity contribution is 6.29. The van der Waals surface area contributed by atoms with E-state index in [0.29, 0.717) is 11.1 Å². The molecule has 0 bridgehead atoms. The monoisotopic (exact) mass is 269 g/mol. The molecule has 1 unspecified atom stereocenters. The van der Waals surface area contributed by atoms with E-state index < -0.39 is 0 Å². The second kappa shape index (κ2) is 5.02. The van der Waals surface area contributed by atoms with Crippen LogP contribution in [0.5, 0.6) is 0 Å². The Hall–Kier alpha value is -0.870. The van der Waals surface area contributed by atoms with Crippen molar-refractivity contribution < 1.29 is 5.11 Å². The van der Waals surface area contributed by atoms with Crippen LogP contribution in [0.3, 0.4) is 0 Å². The second-order valence-electron chi connectivity index (χ2n) is 5.91. The number of hydrogen-bond acceptors (Lipinski definition) is 4. The molecule has 1 aromatic rings. The van der Waals surface area contributed by atoms with Crippen molar-refractivity contribution >= 4 is 17.4 Å². The van der Waals surface area contributed by atoms with Crippen molar-refractivity contribution in [3.8, 4) is 0 Å². The first-order valence-corrected chi connectivity index (χ1v) is 6.69. The molecule has 0 aromatic carbocycles. The Morgan fingerprint density at radius 2 is 2.17 bits per heavy atom. The topological polar surface area (TPSA) is 49.2 Å². The van der Waals surface area contributed by atoms with Crippen molar-refractivity contribution in [2.45, 2.75) is 32.6 Å². The molecule has 1 aromatic heterocycles. The van der Waals surface area contributed by atoms with Gasteiger partial charge in [0, 0.05) is 37.1 Å². The number of rotatable bonds is 2. The van der Waals surface area contributed by atoms with Gasteiger partial charge in [-0.2, -0.15) is 0 Å². The molecule has 0 aliphatic carbocycles. The lowest BCUT2D eigenvalue weighted by Gasteiger charge is -2.22. The van der Waals surface area contributed by atoms with Gasteiger partial charge in [-0.1, -0.05) is 32.4 Å². The highest BCUT2D eigenvalue weighted by Gasteiger charge is 2.25. The molecule has 0 amide bonds. The number of nitrogens with zero attached hydrogens (tertiary/aromatic N) is 3. The van der Waals surface area contributed by atoms with Crippen LogP contribution in [-0.2, 0) is 5.41 Å². The Balaban J connectivity index is 2.26. The van der Waals surface area contributed by atoms with Gasteiger partial charge < -0.3 is 10.0 Å². The maximum Gasteiger partial charge on any atom is 0.137 e. The van der Waals surface area contributed by atoms with Crippen LogP contribution < -0.4 is 4.90 Å². The molecule has 0 saturated carbocycles. The highest BCUT2D eigenvalue weighted by Crippen LogP contribution is 2.27. The zero-order valence-electron chi connectivity index (χ0n) is 11.1. The zero-order chi connectivity index (χ0) is 13.3. The van der Waals surface area contributed by atoms with E-state index in [1.807, 2.05) is 0 Å². The number of hydrogen-bond donors (Lipinski definition) is 1. The Kier molecular flexibility index (Phi) is 3.78. The summed E-state index contributed by atoms with van der Waals surface area (Å²) in [5.41, 5.74) is -0.115. The fourth-order valence-corrected chi connectivity index (χ4v) is 2.27. The van der Waals surface area contributed by atoms with Gasteiger partial charge in [0.1, 0.15) is 16.8 Å². The molecule has 4 nitrogen and oxygen atoms in total. The minimum Gasteiger partial charge on any atom is -0.396 e. The molecule has 1 saturated heterocycles. The molecule has 1 aliphatic rings. The summed E-state index contributed by atoms with van der Waals surface area (Å²) in [5, 5.41) is 9.67. The molecule has 2 rings (SSSR count). The van der Waals surface area contributed by atoms with Gasteiger partial charge in [0.25, 0.3) is 0 Å². The van der Waals surface area contributed by atoms with E-state index in [2.05, 4.69) is 35.6 Å². The third kappa shape index (κ3) is 2.93. The van der Waals surface area contributed by atoms with E-state index in [1.54, 1.807) is 6.07 Å². The van der Waals surface area contributed by atoms with Gasteiger partial charge in [-0.3, -0.25) is 0 Å². The van der Waals surface area contributed by atoms with Crippen LogP contribution in [0.25, 0.3) is 0 Å². The molecule has 2 heterocycles. The van der Waals surface area contributed by atoms with Gasteiger partial charge in [-0.05, 0) is 6.42 Å². The Labute approximate surface area is 113 Å². The van der Waals surface area contributed by atoms with Crippen molar-refractivity contribution in [3.63, 3.8) is 0 Å². The number of aromatic nitrogens is 2. The van der Waals surface area contributed by atoms with E-state index in [4.69, 9.17) is 11.6 Å². The van der Waals surface area contributed by atoms with Crippen molar-refractivity contribution in [2.24, 2.45) is 5.92 Å². The van der Waals surface area contributed by atoms with Gasteiger partial charge in [-0.25, -0.2) is 9.97 Å². The molecule has 0 radical (unpaired) electrons. The van der Waals surface area contributed by atoms with Crippen molar-refractivity contribution in [2.75, 3.05) is 24.6 Å². The average Bonchev–Trinajstić information content (AvgIpc) is 2.75. The van der Waals surface area contributed by atoms with E-state index in [-0.39, 0.29) is 12.0 Å². The number of anilines is 1. The SMILES string of the molecule is CC(C)(C)c1nc(Cl)cc(N2CCC(CO)C2)n1. The number of aliphatic hydroxyl groups excluding tert-OH is 1. The lowest BCUT2D eigenvalue weighted by atomic mass is 9.96. The van der Waals surface area contributed by atoms with E-state index in [0.717, 1.165) is 31.2 Å². The average molecular weight is 270 g/mol. The van der Waals surface area contributed by atoms with Gasteiger partial charge in [0.2, 0.25) is 0 Å². The lowest BCUT2D eigenvalue weighted by Crippen LogP contribution is -2.24. The molecule has 100 valence electrons. The standard InChI is InChI=1S/C13H20ClN3O/c1-13(2,3)12-15-10(14)6-11(16-12)17-5-4-9(7-17)8-18/h6,9,18H,4-5,7-8H2,1-3H3. The largest absolute Gasteiger partial charge is 0.396 e. The maximum absolute atomic E-state index is 9.18. The molecule has 5 heteroatoms. The third-order valence-electron chi connectivity index (χ3n) is 3.22. The van der Waals surface area contributed by atoms with Crippen LogP contribution in [0.1, 0.15) is 33.0 Å². The summed E-state index contributed by atoms with van der Waals surface area (Å²) in [5.74, 6) is 1.98. The summed E-state index contributed by atoms with van der Waals surface area (Å²) >= 11 is 6.08. The third-order valence-corrected chi connectivity index (χ3v) is 3.41. The molecule has 1 atom stereocenters. The van der Waals surface area contributed by atoms with Crippen LogP contribution in [0, 0.1) is 5.92 Å². The minimum absolute atomic E-state index is 0.115. The summed E-state index contributed by atoms with van der Waals surface area (Å²) in [4.78, 5) is 11.1. The molecular formula is C13H20ClN3O. The Bertz CT molecular complexity index is 431. The predicted molar refractivity (Wildman–Crippen MR) is 73.1 cm³/mol. The quantitative estimate of drug-likeness (QED) is 0.837. The van der Waals surface area contributed by atoms with Crippen LogP contribution in [0.4, 0.5) is 5.82 Å². The first kappa shape index (κ1) is 13.6. The summed E-state index contributed by atoms with van der Waals surface area (Å²) < 4.78 is 0. The first-order valence-electron chi connectivity index (χ1n) is 6.31. The van der Waals surface area contributed by atoms with Crippen molar-refractivity contribution in [1.82, 2.24) is 9.97 Å². The fourth-order valence-electron chi connectivity index (χ4n) is 2.09. The van der Waals surface area contributed by atoms with Crippen molar-refractivity contribution in [3.05, 3.63) is 17.0 Å². The van der Waals surface area contributed by atoms with Gasteiger partial charge in [0.15, 0.2) is 0 Å². The van der Waals surface area contributed by atoms with Gasteiger partial charge in [0.05, 0.1) is 0 Å². The zero-order valence-corrected chi connectivity index (χ0v) is 11.9. The summed E-state index contributed by atoms with van der Waals surface area (Å²) in [6.07, 6.45) is 1.00. The first-order chi connectivity index (χ1) is 8.40. The van der Waals surface area contributed by atoms with Gasteiger partial charge in [-0.15, -0.1) is 0 Å². The van der Waals surface area contributed by atoms with Crippen molar-refractivity contribution in [1.29, 1.82) is 0 Å². The summed E-state index contributed by atoms with van der Waals surface area (Å²) in [6, 6.07) is 1.80. The maximum atomic E-state index is 9.18. The normalized spacial score (nSPS) is 20.5. The Morgan fingerprint density at radius 3 is 2.72 bits per heavy atom.